The van der Waals surface area contributed by atoms with Gasteiger partial charge in [-0.05, 0) is 23.7 Å². The van der Waals surface area contributed by atoms with Gasteiger partial charge in [0.25, 0.3) is 0 Å². The number of rotatable bonds is 10. The van der Waals surface area contributed by atoms with Gasteiger partial charge >= 0.3 is 15.6 Å². The topological polar surface area (TPSA) is 134 Å². The van der Waals surface area contributed by atoms with Gasteiger partial charge < -0.3 is 19.6 Å². The summed E-state index contributed by atoms with van der Waals surface area (Å²) in [6, 6.07) is 0. The second-order valence-electron chi connectivity index (χ2n) is 7.18. The minimum absolute atomic E-state index is 0. The minimum Gasteiger partial charge on any atom is -0.303 e. The van der Waals surface area contributed by atoms with Crippen molar-refractivity contribution in [2.75, 3.05) is 13.2 Å². The molecule has 0 unspecified atom stereocenters. The summed E-state index contributed by atoms with van der Waals surface area (Å²) in [5, 5.41) is 0. The van der Waals surface area contributed by atoms with Gasteiger partial charge in [-0.25, -0.2) is 9.13 Å². The zero-order chi connectivity index (χ0) is 19.7. The van der Waals surface area contributed by atoms with E-state index in [2.05, 4.69) is 9.05 Å². The predicted molar refractivity (Wildman–Crippen MR) is 93.4 cm³/mol. The second kappa shape index (κ2) is 13.0. The molecule has 0 saturated heterocycles. The summed E-state index contributed by atoms with van der Waals surface area (Å²) in [5.74, 6) is 0. The summed E-state index contributed by atoms with van der Waals surface area (Å²) in [6.07, 6.45) is 3.26. The fourth-order valence-electron chi connectivity index (χ4n) is 1.24. The van der Waals surface area contributed by atoms with Crippen LogP contribution in [0.4, 0.5) is 0 Å². The van der Waals surface area contributed by atoms with Crippen LogP contribution >= 0.6 is 15.6 Å². The van der Waals surface area contributed by atoms with Crippen LogP contribution in [0.15, 0.2) is 0 Å². The fraction of sp³-hybridized carbons (Fsp3) is 1.00. The second-order valence-corrected chi connectivity index (χ2v) is 9.66. The van der Waals surface area contributed by atoms with Crippen molar-refractivity contribution in [2.45, 2.75) is 67.2 Å². The zero-order valence-electron chi connectivity index (χ0n) is 15.9. The summed E-state index contributed by atoms with van der Waals surface area (Å²) < 4.78 is 29.2. The van der Waals surface area contributed by atoms with E-state index in [9.17, 15) is 9.13 Å². The Labute approximate surface area is 161 Å². The Hall–Kier alpha value is 0.714. The van der Waals surface area contributed by atoms with E-state index in [0.29, 0.717) is 12.8 Å². The number of hydrogen-bond acceptors (Lipinski definition) is 4. The van der Waals surface area contributed by atoms with Crippen LogP contribution < -0.4 is 0 Å². The molecule has 0 aliphatic carbocycles. The molecule has 0 rings (SSSR count). The largest absolute Gasteiger partial charge is 0.469 e. The van der Waals surface area contributed by atoms with Crippen LogP contribution in [0.1, 0.15) is 67.2 Å². The van der Waals surface area contributed by atoms with Crippen LogP contribution in [0.3, 0.4) is 0 Å². The molecular weight excluding hydrogens is 417 g/mol. The zero-order valence-corrected chi connectivity index (χ0v) is 18.7. The first-order valence-electron chi connectivity index (χ1n) is 7.94. The predicted octanol–water partition coefficient (Wildman–Crippen LogP) is 3.84. The van der Waals surface area contributed by atoms with Crippen LogP contribution in [0, 0.1) is 10.8 Å². The van der Waals surface area contributed by atoms with Crippen LogP contribution in [-0.4, -0.2) is 32.8 Å². The van der Waals surface area contributed by atoms with E-state index in [1.807, 2.05) is 41.5 Å². The van der Waals surface area contributed by atoms with Crippen molar-refractivity contribution in [3.05, 3.63) is 0 Å². The molecule has 0 aromatic heterocycles. The summed E-state index contributed by atoms with van der Waals surface area (Å²) in [5.41, 5.74) is 0.185. The van der Waals surface area contributed by atoms with Crippen LogP contribution in [-0.2, 0) is 34.7 Å². The third-order valence-corrected chi connectivity index (χ3v) is 5.03. The average molecular weight is 451 g/mol. The van der Waals surface area contributed by atoms with Gasteiger partial charge in [-0.15, -0.1) is 0 Å². The normalized spacial score (nSPS) is 12.9. The standard InChI is InChI=1S/2C7H17O4P.Ni/c2*1-4-7(2,3)5-6-11-12(8,9)10;/h2*4-6H2,1-3H3,(H2,8,9,10);. The molecule has 0 heterocycles. The Bertz CT molecular complexity index is 391. The molecule has 11 heteroatoms. The van der Waals surface area contributed by atoms with Crippen molar-refractivity contribution in [3.8, 4) is 0 Å². The smallest absolute Gasteiger partial charge is 0.303 e. The first kappa shape index (κ1) is 30.4. The quantitative estimate of drug-likeness (QED) is 0.291. The van der Waals surface area contributed by atoms with Crippen molar-refractivity contribution < 1.29 is 54.2 Å². The molecule has 0 aliphatic rings. The van der Waals surface area contributed by atoms with Gasteiger partial charge in [0.05, 0.1) is 13.2 Å². The van der Waals surface area contributed by atoms with Gasteiger partial charge in [-0.1, -0.05) is 54.4 Å². The molecule has 4 N–H and O–H groups in total. The molecule has 0 aromatic carbocycles. The summed E-state index contributed by atoms with van der Waals surface area (Å²) in [7, 11) is -8.52. The Kier molecular flexibility index (Phi) is 15.8. The van der Waals surface area contributed by atoms with Crippen LogP contribution in [0.2, 0.25) is 0 Å². The number of phosphoric acid groups is 2. The van der Waals surface area contributed by atoms with E-state index in [0.717, 1.165) is 12.8 Å². The molecule has 0 aromatic rings. The molecule has 0 spiro atoms. The molecule has 0 amide bonds. The van der Waals surface area contributed by atoms with Crippen molar-refractivity contribution in [2.24, 2.45) is 10.8 Å². The maximum atomic E-state index is 10.3. The summed E-state index contributed by atoms with van der Waals surface area (Å²) in [4.78, 5) is 33.5. The Balaban J connectivity index is -0.000000372. The van der Waals surface area contributed by atoms with Gasteiger partial charge in [0, 0.05) is 16.5 Å². The average Bonchev–Trinajstić information content (AvgIpc) is 2.36. The fourth-order valence-corrected chi connectivity index (χ4v) is 1.89. The van der Waals surface area contributed by atoms with E-state index >= 15 is 0 Å². The molecule has 0 radical (unpaired) electrons. The van der Waals surface area contributed by atoms with Gasteiger partial charge in [0.1, 0.15) is 0 Å². The van der Waals surface area contributed by atoms with Crippen LogP contribution in [0.5, 0.6) is 0 Å². The van der Waals surface area contributed by atoms with E-state index in [4.69, 9.17) is 19.6 Å². The van der Waals surface area contributed by atoms with Gasteiger partial charge in [-0.2, -0.15) is 0 Å². The van der Waals surface area contributed by atoms with Crippen molar-refractivity contribution >= 4 is 15.6 Å². The molecule has 0 aliphatic heterocycles. The molecule has 0 fully saturated rings. The van der Waals surface area contributed by atoms with E-state index < -0.39 is 15.6 Å². The van der Waals surface area contributed by atoms with Gasteiger partial charge in [0.15, 0.2) is 0 Å². The molecule has 25 heavy (non-hydrogen) atoms. The van der Waals surface area contributed by atoms with Gasteiger partial charge in [-0.3, -0.25) is 9.05 Å². The Morgan fingerprint density at radius 2 is 0.960 bits per heavy atom. The first-order chi connectivity index (χ1) is 10.5. The third-order valence-electron chi connectivity index (χ3n) is 3.99. The molecule has 158 valence electrons. The van der Waals surface area contributed by atoms with Gasteiger partial charge in [0.2, 0.25) is 0 Å². The molecule has 0 bridgehead atoms. The monoisotopic (exact) mass is 450 g/mol. The van der Waals surface area contributed by atoms with Crippen molar-refractivity contribution in [1.82, 2.24) is 0 Å². The molecule has 0 atom stereocenters. The Morgan fingerprint density at radius 1 is 0.720 bits per heavy atom. The number of hydrogen-bond donors (Lipinski definition) is 4. The van der Waals surface area contributed by atoms with Crippen molar-refractivity contribution in [3.63, 3.8) is 0 Å². The van der Waals surface area contributed by atoms with E-state index in [1.165, 1.54) is 0 Å². The third kappa shape index (κ3) is 24.7. The first-order valence-corrected chi connectivity index (χ1v) is 11.0. The Morgan fingerprint density at radius 3 is 1.12 bits per heavy atom. The molecular formula is C14H34NiO8P2. The summed E-state index contributed by atoms with van der Waals surface area (Å²) in [6.45, 7) is 12.5. The molecule has 8 nitrogen and oxygen atoms in total. The summed E-state index contributed by atoms with van der Waals surface area (Å²) >= 11 is 0. The number of phosphoric ester groups is 2. The SMILES string of the molecule is CCC(C)(C)CCOP(=O)(O)O.CCC(C)(C)CCOP(=O)(O)O.[Ni]. The minimum atomic E-state index is -4.26. The van der Waals surface area contributed by atoms with Crippen molar-refractivity contribution in [1.29, 1.82) is 0 Å². The van der Waals surface area contributed by atoms with Crippen LogP contribution in [0.25, 0.3) is 0 Å². The van der Waals surface area contributed by atoms with E-state index in [-0.39, 0.29) is 40.5 Å². The maximum absolute atomic E-state index is 10.3. The molecule has 0 saturated carbocycles. The maximum Gasteiger partial charge on any atom is 0.469 e. The van der Waals surface area contributed by atoms with E-state index in [1.54, 1.807) is 0 Å².